The van der Waals surface area contributed by atoms with Crippen LogP contribution in [0.1, 0.15) is 63.8 Å². The molecule has 0 N–H and O–H groups in total. The van der Waals surface area contributed by atoms with Crippen LogP contribution >= 0.6 is 0 Å². The van der Waals surface area contributed by atoms with E-state index in [0.717, 1.165) is 6.42 Å². The minimum Gasteiger partial charge on any atom is -0.307 e. The fourth-order valence-electron chi connectivity index (χ4n) is 7.20. The minimum atomic E-state index is 0.0205. The molecule has 0 aliphatic carbocycles. The number of rotatable bonds is 1. The van der Waals surface area contributed by atoms with Crippen molar-refractivity contribution in [3.63, 3.8) is 0 Å². The first-order chi connectivity index (χ1) is 18.4. The van der Waals surface area contributed by atoms with Crippen molar-refractivity contribution in [2.75, 3.05) is 0 Å². The Morgan fingerprint density at radius 3 is 2.21 bits per heavy atom. The van der Waals surface area contributed by atoms with Crippen LogP contribution in [-0.2, 0) is 18.9 Å². The predicted molar refractivity (Wildman–Crippen MR) is 169 cm³/mol. The van der Waals surface area contributed by atoms with E-state index in [4.69, 9.17) is 0 Å². The van der Waals surface area contributed by atoms with Gasteiger partial charge in [0.2, 0.25) is 5.52 Å². The second-order valence-corrected chi connectivity index (χ2v) is 14.1. The fourth-order valence-corrected chi connectivity index (χ4v) is 7.20. The molecule has 0 spiro atoms. The summed E-state index contributed by atoms with van der Waals surface area (Å²) >= 11 is 0. The summed E-state index contributed by atoms with van der Waals surface area (Å²) in [4.78, 5) is 0. The second kappa shape index (κ2) is 7.72. The van der Waals surface area contributed by atoms with Gasteiger partial charge in [0.05, 0.1) is 27.3 Å². The first kappa shape index (κ1) is 24.4. The third-order valence-corrected chi connectivity index (χ3v) is 8.81. The summed E-state index contributed by atoms with van der Waals surface area (Å²) in [5.41, 5.74) is 11.2. The van der Waals surface area contributed by atoms with Crippen molar-refractivity contribution in [1.82, 2.24) is 4.40 Å². The van der Waals surface area contributed by atoms with E-state index in [0.29, 0.717) is 0 Å². The largest absolute Gasteiger partial charge is 0.307 e. The Bertz CT molecular complexity index is 2120. The Labute approximate surface area is 231 Å². The number of fused-ring (bicyclic) bond motifs is 7. The van der Waals surface area contributed by atoms with E-state index in [1.54, 1.807) is 0 Å². The SMILES string of the molecule is Cc1ccc2c(CC(C)(C)C)c3c(c(C)c2c1)c1c2c(cc[n+]1C)cc(C(C)(C)C)c1c4ccccc4n3c12. The summed E-state index contributed by atoms with van der Waals surface area (Å²) in [6, 6.07) is 20.9. The van der Waals surface area contributed by atoms with Gasteiger partial charge < -0.3 is 4.40 Å². The van der Waals surface area contributed by atoms with Gasteiger partial charge in [0.1, 0.15) is 7.05 Å². The summed E-state index contributed by atoms with van der Waals surface area (Å²) in [6.45, 7) is 18.7. The molecule has 39 heavy (non-hydrogen) atoms. The van der Waals surface area contributed by atoms with E-state index in [-0.39, 0.29) is 10.8 Å². The van der Waals surface area contributed by atoms with Gasteiger partial charge in [-0.2, -0.15) is 0 Å². The van der Waals surface area contributed by atoms with Crippen LogP contribution in [0.2, 0.25) is 0 Å². The summed E-state index contributed by atoms with van der Waals surface area (Å²) in [6.07, 6.45) is 3.28. The van der Waals surface area contributed by atoms with Crippen LogP contribution in [0.25, 0.3) is 59.8 Å². The van der Waals surface area contributed by atoms with Gasteiger partial charge in [-0.3, -0.25) is 0 Å². The lowest BCUT2D eigenvalue weighted by atomic mass is 9.81. The number of para-hydroxylation sites is 1. The van der Waals surface area contributed by atoms with Gasteiger partial charge in [0.25, 0.3) is 0 Å². The molecular weight excluding hydrogens is 472 g/mol. The quantitative estimate of drug-likeness (QED) is 0.118. The van der Waals surface area contributed by atoms with Crippen molar-refractivity contribution in [3.05, 3.63) is 83.0 Å². The zero-order valence-electron chi connectivity index (χ0n) is 24.9. The zero-order chi connectivity index (χ0) is 27.6. The third kappa shape index (κ3) is 3.30. The van der Waals surface area contributed by atoms with E-state index < -0.39 is 0 Å². The Morgan fingerprint density at radius 2 is 1.49 bits per heavy atom. The molecule has 0 bridgehead atoms. The number of nitrogens with zero attached hydrogens (tertiary/aromatic N) is 2. The van der Waals surface area contributed by atoms with Gasteiger partial charge in [-0.15, -0.1) is 0 Å². The van der Waals surface area contributed by atoms with E-state index in [2.05, 4.69) is 132 Å². The van der Waals surface area contributed by atoms with Crippen molar-refractivity contribution in [2.45, 2.75) is 67.2 Å². The summed E-state index contributed by atoms with van der Waals surface area (Å²) in [5, 5.41) is 9.63. The van der Waals surface area contributed by atoms with Crippen molar-refractivity contribution in [2.24, 2.45) is 12.5 Å². The Morgan fingerprint density at radius 1 is 0.744 bits per heavy atom. The molecule has 2 heteroatoms. The minimum absolute atomic E-state index is 0.0205. The highest BCUT2D eigenvalue weighted by Gasteiger charge is 2.31. The van der Waals surface area contributed by atoms with E-state index in [1.165, 1.54) is 82.0 Å². The number of pyridine rings is 2. The number of benzene rings is 4. The lowest BCUT2D eigenvalue weighted by Gasteiger charge is -2.25. The molecule has 0 saturated carbocycles. The molecule has 0 saturated heterocycles. The molecule has 0 radical (unpaired) electrons. The van der Waals surface area contributed by atoms with Crippen LogP contribution in [0.3, 0.4) is 0 Å². The summed E-state index contributed by atoms with van der Waals surface area (Å²) in [7, 11) is 2.23. The Hall–Kier alpha value is -3.65. The van der Waals surface area contributed by atoms with Gasteiger partial charge in [-0.1, -0.05) is 83.5 Å². The molecule has 0 unspecified atom stereocenters. The average Bonchev–Trinajstić information content (AvgIpc) is 3.20. The molecule has 2 nitrogen and oxygen atoms in total. The van der Waals surface area contributed by atoms with Crippen LogP contribution < -0.4 is 4.57 Å². The number of aromatic nitrogens is 2. The summed E-state index contributed by atoms with van der Waals surface area (Å²) < 4.78 is 5.02. The average molecular weight is 512 g/mol. The van der Waals surface area contributed by atoms with Gasteiger partial charge in [-0.25, -0.2) is 4.57 Å². The number of aryl methyl sites for hydroxylation is 3. The molecule has 3 aromatic heterocycles. The van der Waals surface area contributed by atoms with E-state index >= 15 is 0 Å². The fraction of sp³-hybridized carbons (Fsp3) is 0.324. The molecule has 0 aliphatic rings. The molecule has 0 amide bonds. The maximum Gasteiger partial charge on any atom is 0.224 e. The van der Waals surface area contributed by atoms with Crippen molar-refractivity contribution >= 4 is 59.8 Å². The van der Waals surface area contributed by atoms with Crippen molar-refractivity contribution in [1.29, 1.82) is 0 Å². The second-order valence-electron chi connectivity index (χ2n) is 14.1. The smallest absolute Gasteiger partial charge is 0.224 e. The lowest BCUT2D eigenvalue weighted by molar-refractivity contribution is -0.643. The van der Waals surface area contributed by atoms with E-state index in [1.807, 2.05) is 0 Å². The molecular formula is C37H39N2+. The highest BCUT2D eigenvalue weighted by Crippen LogP contribution is 2.47. The molecule has 0 fully saturated rings. The van der Waals surface area contributed by atoms with Gasteiger partial charge in [0, 0.05) is 16.8 Å². The highest BCUT2D eigenvalue weighted by atomic mass is 15.0. The Balaban J connectivity index is 1.94. The molecule has 0 atom stereocenters. The molecule has 196 valence electrons. The first-order valence-corrected chi connectivity index (χ1v) is 14.3. The van der Waals surface area contributed by atoms with Crippen LogP contribution in [0.15, 0.2) is 60.8 Å². The molecule has 7 aromatic rings. The monoisotopic (exact) mass is 511 g/mol. The Kier molecular flexibility index (Phi) is 4.83. The predicted octanol–water partition coefficient (Wildman–Crippen LogP) is 9.47. The normalized spacial score (nSPS) is 13.4. The molecule has 3 heterocycles. The van der Waals surface area contributed by atoms with Crippen molar-refractivity contribution < 1.29 is 4.57 Å². The van der Waals surface area contributed by atoms with Crippen LogP contribution in [0.4, 0.5) is 0 Å². The van der Waals surface area contributed by atoms with Gasteiger partial charge >= 0.3 is 0 Å². The van der Waals surface area contributed by atoms with Gasteiger partial charge in [0.15, 0.2) is 6.20 Å². The van der Waals surface area contributed by atoms with Gasteiger partial charge in [-0.05, 0) is 76.1 Å². The maximum atomic E-state index is 2.65. The number of hydrogen-bond acceptors (Lipinski definition) is 0. The topological polar surface area (TPSA) is 8.29 Å². The first-order valence-electron chi connectivity index (χ1n) is 14.3. The van der Waals surface area contributed by atoms with Crippen LogP contribution in [0, 0.1) is 19.3 Å². The lowest BCUT2D eigenvalue weighted by Crippen LogP contribution is -2.29. The van der Waals surface area contributed by atoms with Crippen LogP contribution in [0.5, 0.6) is 0 Å². The highest BCUT2D eigenvalue weighted by molar-refractivity contribution is 6.29. The van der Waals surface area contributed by atoms with Crippen LogP contribution in [-0.4, -0.2) is 4.40 Å². The van der Waals surface area contributed by atoms with Crippen molar-refractivity contribution in [3.8, 4) is 0 Å². The maximum absolute atomic E-state index is 2.65. The zero-order valence-corrected chi connectivity index (χ0v) is 24.9. The molecule has 7 rings (SSSR count). The number of hydrogen-bond donors (Lipinski definition) is 0. The summed E-state index contributed by atoms with van der Waals surface area (Å²) in [5.74, 6) is 0. The third-order valence-electron chi connectivity index (χ3n) is 8.81. The van der Waals surface area contributed by atoms with E-state index in [9.17, 15) is 0 Å². The standard InChI is InChI=1S/C37H39N2/c1-21-14-15-24-26(18-21)22(2)30-33(27(24)20-36(3,4)5)39-29-13-11-10-12-25(29)32-28(37(6,7)8)19-23-16-17-38(9)34(30)31(23)35(32)39/h10-19H,20H2,1-9H3/q+1. The molecule has 4 aromatic carbocycles. The molecule has 0 aliphatic heterocycles.